The van der Waals surface area contributed by atoms with E-state index in [0.717, 1.165) is 6.92 Å². The number of hydrogen-bond donors (Lipinski definition) is 0. The number of halogens is 2. The Kier molecular flexibility index (Phi) is 1.94. The fourth-order valence-corrected chi connectivity index (χ4v) is 0.0630. The van der Waals surface area contributed by atoms with Gasteiger partial charge >= 0.3 is 0 Å². The van der Waals surface area contributed by atoms with Crippen molar-refractivity contribution < 1.29 is 13.9 Å². The first-order valence-electron chi connectivity index (χ1n) is 1.97. The summed E-state index contributed by atoms with van der Waals surface area (Å²) in [5.41, 5.74) is -2.51. The van der Waals surface area contributed by atoms with Gasteiger partial charge < -0.3 is 0 Å². The normalized spacial score (nSPS) is 17.5. The van der Waals surface area contributed by atoms with Crippen LogP contribution < -0.4 is 0 Å². The third kappa shape index (κ3) is 1.47. The molecule has 0 aliphatic heterocycles. The summed E-state index contributed by atoms with van der Waals surface area (Å²) in [5, 5.41) is 10.2. The van der Waals surface area contributed by atoms with Crippen LogP contribution in [0.5, 0.6) is 0 Å². The molecule has 1 nitrogen and oxygen atoms in total. The van der Waals surface area contributed by atoms with Crippen LogP contribution in [0.1, 0.15) is 6.92 Å². The van der Waals surface area contributed by atoms with Gasteiger partial charge in [-0.25, -0.2) is 13.9 Å². The number of terminal acetylenes is 1. The lowest BCUT2D eigenvalue weighted by molar-refractivity contribution is -0.0845. The highest BCUT2D eigenvalue weighted by atomic mass is 19.3. The minimum atomic E-state index is -2.98. The van der Waals surface area contributed by atoms with E-state index < -0.39 is 12.0 Å². The molecule has 1 atom stereocenters. The lowest BCUT2D eigenvalue weighted by Crippen LogP contribution is -2.29. The molecule has 1 unspecified atom stereocenters. The second kappa shape index (κ2) is 2.10. The second-order valence-electron chi connectivity index (χ2n) is 1.55. The highest BCUT2D eigenvalue weighted by Gasteiger charge is 2.31. The summed E-state index contributed by atoms with van der Waals surface area (Å²) in [6.07, 6.45) is 1.49. The Hall–Kier alpha value is -0.620. The van der Waals surface area contributed by atoms with Gasteiger partial charge in [-0.3, -0.25) is 0 Å². The highest BCUT2D eigenvalue weighted by Crippen LogP contribution is 2.13. The van der Waals surface area contributed by atoms with E-state index in [2.05, 4.69) is 6.42 Å². The molecular weight excluding hydrogens is 114 g/mol. The summed E-state index contributed by atoms with van der Waals surface area (Å²) in [6.45, 7) is 0.775. The Balaban J connectivity index is 3.97. The number of rotatable bonds is 1. The van der Waals surface area contributed by atoms with Gasteiger partial charge in [0.1, 0.15) is 0 Å². The van der Waals surface area contributed by atoms with Crippen molar-refractivity contribution in [3.63, 3.8) is 0 Å². The Bertz CT molecular complexity index is 112. The van der Waals surface area contributed by atoms with E-state index in [-0.39, 0.29) is 0 Å². The summed E-state index contributed by atoms with van der Waals surface area (Å²) in [4.78, 5) is 0. The molecule has 0 bridgehead atoms. The molecule has 0 aromatic heterocycles. The van der Waals surface area contributed by atoms with Crippen LogP contribution in [0.3, 0.4) is 0 Å². The molecule has 0 aliphatic carbocycles. The Morgan fingerprint density at radius 1 is 1.75 bits per heavy atom. The molecule has 0 aromatic rings. The zero-order valence-electron chi connectivity index (χ0n) is 4.32. The van der Waals surface area contributed by atoms with Gasteiger partial charge in [0.05, 0.1) is 0 Å². The fraction of sp³-hybridized carbons (Fsp3) is 0.600. The second-order valence-corrected chi connectivity index (χ2v) is 1.55. The number of hydrogen-bond acceptors (Lipinski definition) is 0. The van der Waals surface area contributed by atoms with E-state index in [1.54, 1.807) is 0 Å². The van der Waals surface area contributed by atoms with Crippen LogP contribution in [0, 0.1) is 12.3 Å². The Morgan fingerprint density at radius 2 is 2.12 bits per heavy atom. The molecule has 0 aliphatic rings. The molecule has 0 rings (SSSR count). The molecule has 8 heavy (non-hydrogen) atoms. The van der Waals surface area contributed by atoms with Gasteiger partial charge in [0.2, 0.25) is 5.60 Å². The van der Waals surface area contributed by atoms with Crippen LogP contribution in [0.4, 0.5) is 8.78 Å². The largest absolute Gasteiger partial charge is 0.281 e. The first-order chi connectivity index (χ1) is 3.50. The molecule has 0 fully saturated rings. The average Bonchev–Trinajstić information content (AvgIpc) is 1.67. The van der Waals surface area contributed by atoms with Crippen LogP contribution in [-0.2, 0) is 5.11 Å². The first-order valence-corrected chi connectivity index (χ1v) is 1.97. The molecular formula is C5H5F2O. The van der Waals surface area contributed by atoms with Gasteiger partial charge in [-0.2, -0.15) is 0 Å². The standard InChI is InChI=1S/C5H5F2O/c1-3-5(2,8)4(6)7/h1,4H,2H3. The lowest BCUT2D eigenvalue weighted by Gasteiger charge is -2.09. The summed E-state index contributed by atoms with van der Waals surface area (Å²) < 4.78 is 22.7. The van der Waals surface area contributed by atoms with Crippen LogP contribution in [0.2, 0.25) is 0 Å². The molecule has 45 valence electrons. The van der Waals surface area contributed by atoms with Crippen molar-refractivity contribution in [2.45, 2.75) is 19.0 Å². The van der Waals surface area contributed by atoms with Crippen molar-refractivity contribution in [3.05, 3.63) is 0 Å². The molecule has 3 heteroatoms. The summed E-state index contributed by atoms with van der Waals surface area (Å²) in [5.74, 6) is 1.44. The van der Waals surface area contributed by atoms with Crippen LogP contribution >= 0.6 is 0 Å². The van der Waals surface area contributed by atoms with Crippen molar-refractivity contribution >= 4 is 0 Å². The Labute approximate surface area is 46.3 Å². The monoisotopic (exact) mass is 119 g/mol. The van der Waals surface area contributed by atoms with Gasteiger partial charge in [-0.15, -0.1) is 6.42 Å². The van der Waals surface area contributed by atoms with Crippen molar-refractivity contribution in [1.29, 1.82) is 0 Å². The molecule has 0 spiro atoms. The maximum Gasteiger partial charge on any atom is 0.281 e. The Morgan fingerprint density at radius 3 is 2.12 bits per heavy atom. The highest BCUT2D eigenvalue weighted by molar-refractivity contribution is 5.05. The maximum atomic E-state index is 11.4. The average molecular weight is 119 g/mol. The van der Waals surface area contributed by atoms with Crippen LogP contribution in [0.25, 0.3) is 0 Å². The minimum absolute atomic E-state index is 0.775. The predicted octanol–water partition coefficient (Wildman–Crippen LogP) is 1.07. The molecule has 0 saturated carbocycles. The van der Waals surface area contributed by atoms with E-state index in [1.807, 2.05) is 0 Å². The van der Waals surface area contributed by atoms with E-state index in [4.69, 9.17) is 0 Å². The number of alkyl halides is 2. The van der Waals surface area contributed by atoms with Gasteiger partial charge in [-0.1, -0.05) is 5.92 Å². The van der Waals surface area contributed by atoms with Crippen molar-refractivity contribution in [1.82, 2.24) is 0 Å². The smallest absolute Gasteiger partial charge is 0.209 e. The molecule has 0 N–H and O–H groups in total. The molecule has 1 radical (unpaired) electrons. The summed E-state index contributed by atoms with van der Waals surface area (Å²) >= 11 is 0. The van der Waals surface area contributed by atoms with Crippen LogP contribution in [0.15, 0.2) is 0 Å². The quantitative estimate of drug-likeness (QED) is 0.460. The van der Waals surface area contributed by atoms with Gasteiger partial charge in [-0.05, 0) is 6.92 Å². The molecule has 0 saturated heterocycles. The van der Waals surface area contributed by atoms with Crippen molar-refractivity contribution in [3.8, 4) is 12.3 Å². The van der Waals surface area contributed by atoms with E-state index in [0.29, 0.717) is 0 Å². The van der Waals surface area contributed by atoms with E-state index >= 15 is 0 Å². The summed E-state index contributed by atoms with van der Waals surface area (Å²) in [7, 11) is 0. The molecule has 0 amide bonds. The maximum absolute atomic E-state index is 11.4. The van der Waals surface area contributed by atoms with Gasteiger partial charge in [0.15, 0.2) is 0 Å². The van der Waals surface area contributed by atoms with E-state index in [1.165, 1.54) is 5.92 Å². The van der Waals surface area contributed by atoms with Crippen molar-refractivity contribution in [2.75, 3.05) is 0 Å². The summed E-state index contributed by atoms with van der Waals surface area (Å²) in [6, 6.07) is 0. The third-order valence-corrected chi connectivity index (χ3v) is 0.703. The molecule has 0 aromatic carbocycles. The van der Waals surface area contributed by atoms with E-state index in [9.17, 15) is 13.9 Å². The van der Waals surface area contributed by atoms with Crippen LogP contribution in [-0.4, -0.2) is 12.0 Å². The fourth-order valence-electron chi connectivity index (χ4n) is 0.0630. The third-order valence-electron chi connectivity index (χ3n) is 0.703. The van der Waals surface area contributed by atoms with Crippen molar-refractivity contribution in [2.24, 2.45) is 0 Å². The first kappa shape index (κ1) is 7.38. The van der Waals surface area contributed by atoms with Gasteiger partial charge in [0.25, 0.3) is 6.43 Å². The zero-order chi connectivity index (χ0) is 6.78. The molecule has 0 heterocycles. The predicted molar refractivity (Wildman–Crippen MR) is 23.9 cm³/mol. The zero-order valence-corrected chi connectivity index (χ0v) is 4.32. The van der Waals surface area contributed by atoms with Gasteiger partial charge in [0, 0.05) is 0 Å². The minimum Gasteiger partial charge on any atom is -0.209 e. The topological polar surface area (TPSA) is 19.9 Å². The lowest BCUT2D eigenvalue weighted by atomic mass is 10.1. The SMILES string of the molecule is C#CC(C)([O])C(F)F.